The van der Waals surface area contributed by atoms with Crippen LogP contribution in [0.15, 0.2) is 109 Å². The summed E-state index contributed by atoms with van der Waals surface area (Å²) in [5, 5.41) is 13.3. The normalized spacial score (nSPS) is 19.9. The van der Waals surface area contributed by atoms with E-state index in [1.807, 2.05) is 36.4 Å². The summed E-state index contributed by atoms with van der Waals surface area (Å²) in [6.45, 7) is 0. The van der Waals surface area contributed by atoms with Gasteiger partial charge in [0, 0.05) is 37.0 Å². The number of nitrogens with zero attached hydrogens (tertiary/aromatic N) is 3. The van der Waals surface area contributed by atoms with Crippen LogP contribution in [0.2, 0.25) is 0 Å². The molecule has 2 atom stereocenters. The average molecular weight is 935 g/mol. The lowest BCUT2D eigenvalue weighted by atomic mass is 9.87. The van der Waals surface area contributed by atoms with Crippen molar-refractivity contribution in [3.63, 3.8) is 0 Å². The standard InChI is InChI=1S/C29H34N2O3.C17H13NO4.C12H23N/c32-27-24-18-10-11-19-25(24)28(33)31(27)26(20-21-12-4-1-5-13-21)29(34)30(22-14-6-2-7-15-22)23-16-8-3-9-17-23;19-15-12-8-4-5-9-13(12)16(20)18(15)14(17(21)22)10-11-6-2-1-3-7-11;1-3-7-11(8-4-1)13-12-9-5-2-6-10-12/h1,4-5,10-13,18-19,22-23,26H,2-3,6-9,14-17,20H2;1-9,14H,10H2,(H,21,22);11-13H,1-10H2. The van der Waals surface area contributed by atoms with E-state index in [9.17, 15) is 33.9 Å². The van der Waals surface area contributed by atoms with Gasteiger partial charge < -0.3 is 15.3 Å². The summed E-state index contributed by atoms with van der Waals surface area (Å²) < 4.78 is 0. The van der Waals surface area contributed by atoms with E-state index in [0.717, 1.165) is 79.5 Å². The smallest absolute Gasteiger partial charge is 0.327 e. The Morgan fingerprint density at radius 2 is 0.754 bits per heavy atom. The Morgan fingerprint density at radius 3 is 1.10 bits per heavy atom. The van der Waals surface area contributed by atoms with Crippen molar-refractivity contribution in [2.45, 2.75) is 178 Å². The van der Waals surface area contributed by atoms with Gasteiger partial charge >= 0.3 is 5.97 Å². The molecule has 11 nitrogen and oxygen atoms in total. The van der Waals surface area contributed by atoms with Crippen molar-refractivity contribution in [2.24, 2.45) is 0 Å². The first-order chi connectivity index (χ1) is 33.7. The maximum atomic E-state index is 14.5. The number of amides is 5. The fourth-order valence-corrected chi connectivity index (χ4v) is 11.7. The minimum absolute atomic E-state index is 0.0443. The maximum Gasteiger partial charge on any atom is 0.327 e. The Hall–Kier alpha value is -5.94. The van der Waals surface area contributed by atoms with Gasteiger partial charge in [0.25, 0.3) is 23.6 Å². The van der Waals surface area contributed by atoms with Crippen molar-refractivity contribution in [1.29, 1.82) is 0 Å². The van der Waals surface area contributed by atoms with Crippen LogP contribution in [0.25, 0.3) is 0 Å². The van der Waals surface area contributed by atoms with Crippen LogP contribution >= 0.6 is 0 Å². The van der Waals surface area contributed by atoms with Gasteiger partial charge in [-0.25, -0.2) is 4.79 Å². The number of imide groups is 2. The molecule has 0 radical (unpaired) electrons. The highest BCUT2D eigenvalue weighted by molar-refractivity contribution is 6.23. The zero-order valence-electron chi connectivity index (χ0n) is 40.2. The number of carbonyl (C=O) groups is 6. The molecule has 0 spiro atoms. The molecule has 364 valence electrons. The van der Waals surface area contributed by atoms with Crippen molar-refractivity contribution in [3.05, 3.63) is 143 Å². The third-order valence-electron chi connectivity index (χ3n) is 15.3. The van der Waals surface area contributed by atoms with Crippen molar-refractivity contribution in [1.82, 2.24) is 20.0 Å². The van der Waals surface area contributed by atoms with Gasteiger partial charge in [-0.2, -0.15) is 0 Å². The third kappa shape index (κ3) is 12.1. The summed E-state index contributed by atoms with van der Waals surface area (Å²) in [4.78, 5) is 82.0. The molecule has 10 rings (SSSR count). The second-order valence-corrected chi connectivity index (χ2v) is 20.0. The van der Waals surface area contributed by atoms with Gasteiger partial charge in [-0.15, -0.1) is 0 Å². The Bertz CT molecular complexity index is 2280. The van der Waals surface area contributed by atoms with Gasteiger partial charge in [0.05, 0.1) is 22.3 Å². The minimum Gasteiger partial charge on any atom is -0.480 e. The number of carbonyl (C=O) groups excluding carboxylic acids is 5. The van der Waals surface area contributed by atoms with Crippen LogP contribution in [0.3, 0.4) is 0 Å². The minimum atomic E-state index is -1.21. The zero-order valence-corrected chi connectivity index (χ0v) is 40.2. The molecule has 69 heavy (non-hydrogen) atoms. The van der Waals surface area contributed by atoms with Crippen molar-refractivity contribution < 1.29 is 33.9 Å². The van der Waals surface area contributed by atoms with Gasteiger partial charge in [0.2, 0.25) is 5.91 Å². The first-order valence-corrected chi connectivity index (χ1v) is 26.0. The summed E-state index contributed by atoms with van der Waals surface area (Å²) in [6, 6.07) is 32.2. The molecule has 2 aliphatic heterocycles. The van der Waals surface area contributed by atoms with Crippen molar-refractivity contribution in [2.75, 3.05) is 0 Å². The first-order valence-electron chi connectivity index (χ1n) is 26.0. The van der Waals surface area contributed by atoms with E-state index in [1.165, 1.54) is 94.1 Å². The van der Waals surface area contributed by atoms with E-state index in [4.69, 9.17) is 0 Å². The SMILES string of the molecule is C1CCC(NC2CCCCC2)CC1.O=C(O)C(Cc1ccccc1)N1C(=O)c2ccccc2C1=O.O=C1c2ccccc2C(=O)N1C(Cc1ccccc1)C(=O)N(C1CCCCC1)C1CCCCC1. The molecule has 4 aliphatic carbocycles. The Kier molecular flexibility index (Phi) is 17.3. The van der Waals surface area contributed by atoms with Gasteiger partial charge in [-0.05, 0) is 86.8 Å². The first kappa shape index (κ1) is 49.5. The highest BCUT2D eigenvalue weighted by Crippen LogP contribution is 2.34. The van der Waals surface area contributed by atoms with Crippen LogP contribution in [-0.4, -0.2) is 91.6 Å². The summed E-state index contributed by atoms with van der Waals surface area (Å²) >= 11 is 0. The lowest BCUT2D eigenvalue weighted by Gasteiger charge is -2.44. The molecule has 6 aliphatic rings. The quantitative estimate of drug-likeness (QED) is 0.134. The summed E-state index contributed by atoms with van der Waals surface area (Å²) in [7, 11) is 0. The number of fused-ring (bicyclic) bond motifs is 2. The largest absolute Gasteiger partial charge is 0.480 e. The average Bonchev–Trinajstić information content (AvgIpc) is 3.80. The van der Waals surface area contributed by atoms with E-state index in [0.29, 0.717) is 17.5 Å². The van der Waals surface area contributed by atoms with Crippen LogP contribution in [-0.2, 0) is 22.4 Å². The monoisotopic (exact) mass is 935 g/mol. The second-order valence-electron chi connectivity index (χ2n) is 20.0. The molecule has 4 aromatic rings. The fraction of sp³-hybridized carbons (Fsp3) is 0.483. The van der Waals surface area contributed by atoms with E-state index >= 15 is 0 Å². The van der Waals surface area contributed by atoms with Crippen LogP contribution in [0.1, 0.15) is 181 Å². The van der Waals surface area contributed by atoms with E-state index < -0.39 is 29.9 Å². The molecular formula is C58H70N4O7. The number of nitrogens with one attached hydrogen (secondary N) is 1. The predicted molar refractivity (Wildman–Crippen MR) is 267 cm³/mol. The highest BCUT2D eigenvalue weighted by atomic mass is 16.4. The second kappa shape index (κ2) is 24.1. The molecule has 2 N–H and O–H groups in total. The van der Waals surface area contributed by atoms with E-state index in [2.05, 4.69) is 10.2 Å². The number of aliphatic carboxylic acids is 1. The third-order valence-corrected chi connectivity index (χ3v) is 15.3. The molecule has 5 amide bonds. The van der Waals surface area contributed by atoms with Gasteiger partial charge in [0.1, 0.15) is 12.1 Å². The Balaban J connectivity index is 0.000000156. The highest BCUT2D eigenvalue weighted by Gasteiger charge is 2.46. The van der Waals surface area contributed by atoms with Crippen molar-refractivity contribution in [3.8, 4) is 0 Å². The van der Waals surface area contributed by atoms with Gasteiger partial charge in [-0.1, -0.05) is 162 Å². The number of carboxylic acids is 1. The fourth-order valence-electron chi connectivity index (χ4n) is 11.7. The van der Waals surface area contributed by atoms with Gasteiger partial charge in [-0.3, -0.25) is 33.8 Å². The molecule has 4 fully saturated rings. The molecular weight excluding hydrogens is 865 g/mol. The Labute approximate surface area is 408 Å². The predicted octanol–water partition coefficient (Wildman–Crippen LogP) is 10.6. The molecule has 0 saturated heterocycles. The zero-order chi connectivity index (χ0) is 48.1. The molecule has 11 heteroatoms. The van der Waals surface area contributed by atoms with Gasteiger partial charge in [0.15, 0.2) is 0 Å². The van der Waals surface area contributed by atoms with Crippen LogP contribution in [0.4, 0.5) is 0 Å². The van der Waals surface area contributed by atoms with Crippen molar-refractivity contribution >= 4 is 35.5 Å². The number of carboxylic acid groups (broad SMARTS) is 1. The molecule has 2 unspecified atom stereocenters. The molecule has 2 heterocycles. The molecule has 4 aromatic carbocycles. The van der Waals surface area contributed by atoms with Crippen LogP contribution < -0.4 is 5.32 Å². The lowest BCUT2D eigenvalue weighted by molar-refractivity contribution is -0.142. The number of rotatable bonds is 12. The Morgan fingerprint density at radius 1 is 0.449 bits per heavy atom. The molecule has 0 aromatic heterocycles. The molecule has 4 saturated carbocycles. The van der Waals surface area contributed by atoms with Crippen LogP contribution in [0.5, 0.6) is 0 Å². The topological polar surface area (TPSA) is 144 Å². The van der Waals surface area contributed by atoms with Crippen LogP contribution in [0, 0.1) is 0 Å². The lowest BCUT2D eigenvalue weighted by Crippen LogP contribution is -2.58. The summed E-state index contributed by atoms with van der Waals surface area (Å²) in [6.07, 6.45) is 26.0. The summed E-state index contributed by atoms with van der Waals surface area (Å²) in [5.74, 6) is -3.03. The number of benzene rings is 4. The molecule has 0 bridgehead atoms. The number of hydrogen-bond acceptors (Lipinski definition) is 7. The maximum absolute atomic E-state index is 14.5. The number of hydrogen-bond donors (Lipinski definition) is 2. The summed E-state index contributed by atoms with van der Waals surface area (Å²) in [5.41, 5.74) is 3.04. The van der Waals surface area contributed by atoms with E-state index in [1.54, 1.807) is 60.7 Å². The van der Waals surface area contributed by atoms with E-state index in [-0.39, 0.29) is 47.4 Å².